The Morgan fingerprint density at radius 1 is 1.00 bits per heavy atom. The maximum absolute atomic E-state index is 12.5. The molecule has 144 valence electrons. The summed E-state index contributed by atoms with van der Waals surface area (Å²) < 4.78 is 0. The fraction of sp³-hybridized carbons (Fsp3) is 0.318. The van der Waals surface area contributed by atoms with Crippen LogP contribution in [0.4, 0.5) is 11.5 Å². The van der Waals surface area contributed by atoms with Gasteiger partial charge < -0.3 is 10.6 Å². The highest BCUT2D eigenvalue weighted by Crippen LogP contribution is 2.27. The van der Waals surface area contributed by atoms with Crippen LogP contribution in [-0.2, 0) is 16.0 Å². The number of nitrogens with one attached hydrogen (secondary N) is 3. The van der Waals surface area contributed by atoms with Crippen LogP contribution in [0.1, 0.15) is 37.7 Å². The van der Waals surface area contributed by atoms with Crippen LogP contribution in [0, 0.1) is 5.92 Å². The lowest BCUT2D eigenvalue weighted by Gasteiger charge is -2.20. The van der Waals surface area contributed by atoms with Gasteiger partial charge >= 0.3 is 0 Å². The van der Waals surface area contributed by atoms with E-state index in [-0.39, 0.29) is 24.2 Å². The number of H-pyrrole nitrogens is 1. The van der Waals surface area contributed by atoms with E-state index in [0.717, 1.165) is 47.8 Å². The van der Waals surface area contributed by atoms with Crippen molar-refractivity contribution in [2.45, 2.75) is 38.5 Å². The molecule has 6 heteroatoms. The normalized spacial score (nSPS) is 14.7. The van der Waals surface area contributed by atoms with Crippen LogP contribution in [0.15, 0.2) is 48.5 Å². The quantitative estimate of drug-likeness (QED) is 0.622. The van der Waals surface area contributed by atoms with Crippen LogP contribution >= 0.6 is 0 Å². The van der Waals surface area contributed by atoms with Crippen molar-refractivity contribution in [2.75, 3.05) is 10.6 Å². The molecule has 0 radical (unpaired) electrons. The number of aromatic amines is 1. The second-order valence-electron chi connectivity index (χ2n) is 7.37. The molecule has 2 aromatic carbocycles. The Morgan fingerprint density at radius 3 is 2.57 bits per heavy atom. The first-order chi connectivity index (χ1) is 13.7. The molecule has 6 nitrogen and oxygen atoms in total. The van der Waals surface area contributed by atoms with Gasteiger partial charge in [0.05, 0.1) is 11.9 Å². The Morgan fingerprint density at radius 2 is 1.79 bits per heavy atom. The molecule has 0 spiro atoms. The zero-order valence-electron chi connectivity index (χ0n) is 15.7. The Labute approximate surface area is 163 Å². The molecule has 3 aromatic rings. The van der Waals surface area contributed by atoms with Crippen molar-refractivity contribution >= 4 is 34.2 Å². The molecule has 0 aliphatic heterocycles. The highest BCUT2D eigenvalue weighted by Gasteiger charge is 2.21. The number of amides is 2. The van der Waals surface area contributed by atoms with Gasteiger partial charge in [-0.15, -0.1) is 0 Å². The maximum atomic E-state index is 12.5. The van der Waals surface area contributed by atoms with Gasteiger partial charge in [0.2, 0.25) is 11.8 Å². The average Bonchev–Trinajstić information content (AvgIpc) is 3.11. The summed E-state index contributed by atoms with van der Waals surface area (Å²) in [6.45, 7) is 0. The first-order valence-corrected chi connectivity index (χ1v) is 9.82. The van der Waals surface area contributed by atoms with E-state index < -0.39 is 0 Å². The third kappa shape index (κ3) is 4.22. The molecule has 1 aromatic heterocycles. The van der Waals surface area contributed by atoms with Gasteiger partial charge in [0.15, 0.2) is 5.82 Å². The second kappa shape index (κ2) is 8.25. The van der Waals surface area contributed by atoms with E-state index in [4.69, 9.17) is 0 Å². The third-order valence-electron chi connectivity index (χ3n) is 5.27. The van der Waals surface area contributed by atoms with Crippen molar-refractivity contribution < 1.29 is 9.59 Å². The summed E-state index contributed by atoms with van der Waals surface area (Å²) in [6, 6.07) is 15.2. The predicted octanol–water partition coefficient (Wildman–Crippen LogP) is 4.26. The SMILES string of the molecule is O=C(Cc1ccccc1)Nc1n[nH]c2ccc(NC(=O)C3CCCCC3)cc12. The number of benzene rings is 2. The van der Waals surface area contributed by atoms with Crippen LogP contribution in [0.25, 0.3) is 10.9 Å². The van der Waals surface area contributed by atoms with E-state index in [0.29, 0.717) is 5.82 Å². The summed E-state index contributed by atoms with van der Waals surface area (Å²) in [5.41, 5.74) is 2.48. The largest absolute Gasteiger partial charge is 0.326 e. The Bertz CT molecular complexity index is 975. The topological polar surface area (TPSA) is 86.9 Å². The summed E-state index contributed by atoms with van der Waals surface area (Å²) in [4.78, 5) is 24.9. The molecule has 0 unspecified atom stereocenters. The smallest absolute Gasteiger partial charge is 0.230 e. The molecule has 4 rings (SSSR count). The number of hydrogen-bond donors (Lipinski definition) is 3. The van der Waals surface area contributed by atoms with E-state index in [1.54, 1.807) is 0 Å². The summed E-state index contributed by atoms with van der Waals surface area (Å²) in [5.74, 6) is 0.525. The number of carbonyl (C=O) groups is 2. The van der Waals surface area contributed by atoms with Crippen molar-refractivity contribution in [3.8, 4) is 0 Å². The van der Waals surface area contributed by atoms with Crippen molar-refractivity contribution in [3.63, 3.8) is 0 Å². The summed E-state index contributed by atoms with van der Waals surface area (Å²) in [7, 11) is 0. The minimum atomic E-state index is -0.128. The Kier molecular flexibility index (Phi) is 5.37. The molecule has 1 heterocycles. The van der Waals surface area contributed by atoms with Crippen LogP contribution < -0.4 is 10.6 Å². The first-order valence-electron chi connectivity index (χ1n) is 9.82. The van der Waals surface area contributed by atoms with Crippen molar-refractivity contribution in [3.05, 3.63) is 54.1 Å². The lowest BCUT2D eigenvalue weighted by molar-refractivity contribution is -0.120. The van der Waals surface area contributed by atoms with Crippen LogP contribution in [-0.4, -0.2) is 22.0 Å². The van der Waals surface area contributed by atoms with Crippen molar-refractivity contribution in [2.24, 2.45) is 5.92 Å². The molecular formula is C22H24N4O2. The van der Waals surface area contributed by atoms with E-state index in [1.165, 1.54) is 6.42 Å². The number of hydrogen-bond acceptors (Lipinski definition) is 3. The van der Waals surface area contributed by atoms with Crippen LogP contribution in [0.2, 0.25) is 0 Å². The number of aromatic nitrogens is 2. The standard InChI is InChI=1S/C22H24N4O2/c27-20(13-15-7-3-1-4-8-15)24-21-18-14-17(11-12-19(18)25-26-21)23-22(28)16-9-5-2-6-10-16/h1,3-4,7-8,11-12,14,16H,2,5-6,9-10,13H2,(H,23,28)(H2,24,25,26,27). The molecule has 28 heavy (non-hydrogen) atoms. The Hall–Kier alpha value is -3.15. The van der Waals surface area contributed by atoms with Gasteiger partial charge in [-0.2, -0.15) is 5.10 Å². The monoisotopic (exact) mass is 376 g/mol. The van der Waals surface area contributed by atoms with Gasteiger partial charge in [-0.25, -0.2) is 0 Å². The summed E-state index contributed by atoms with van der Waals surface area (Å²) >= 11 is 0. The fourth-order valence-electron chi connectivity index (χ4n) is 3.75. The van der Waals surface area contributed by atoms with Gasteiger partial charge in [-0.1, -0.05) is 49.6 Å². The molecule has 1 aliphatic rings. The van der Waals surface area contributed by atoms with Crippen molar-refractivity contribution in [1.29, 1.82) is 0 Å². The second-order valence-corrected chi connectivity index (χ2v) is 7.37. The predicted molar refractivity (Wildman–Crippen MR) is 110 cm³/mol. The zero-order valence-corrected chi connectivity index (χ0v) is 15.7. The van der Waals surface area contributed by atoms with E-state index >= 15 is 0 Å². The lowest BCUT2D eigenvalue weighted by atomic mass is 9.88. The van der Waals surface area contributed by atoms with Gasteiger partial charge in [0.1, 0.15) is 0 Å². The van der Waals surface area contributed by atoms with Crippen LogP contribution in [0.5, 0.6) is 0 Å². The van der Waals surface area contributed by atoms with Crippen LogP contribution in [0.3, 0.4) is 0 Å². The highest BCUT2D eigenvalue weighted by molar-refractivity contribution is 6.02. The average molecular weight is 376 g/mol. The van der Waals surface area contributed by atoms with Gasteiger partial charge in [0, 0.05) is 17.0 Å². The van der Waals surface area contributed by atoms with E-state index in [2.05, 4.69) is 20.8 Å². The minimum absolute atomic E-state index is 0.0807. The molecule has 0 saturated heterocycles. The zero-order chi connectivity index (χ0) is 19.3. The molecular weight excluding hydrogens is 352 g/mol. The Balaban J connectivity index is 1.46. The summed E-state index contributed by atoms with van der Waals surface area (Å²) in [6.07, 6.45) is 5.66. The fourth-order valence-corrected chi connectivity index (χ4v) is 3.75. The molecule has 0 atom stereocenters. The van der Waals surface area contributed by atoms with Gasteiger partial charge in [-0.3, -0.25) is 14.7 Å². The summed E-state index contributed by atoms with van der Waals surface area (Å²) in [5, 5.41) is 13.8. The first kappa shape index (κ1) is 18.2. The third-order valence-corrected chi connectivity index (χ3v) is 5.27. The van der Waals surface area contributed by atoms with E-state index in [1.807, 2.05) is 48.5 Å². The maximum Gasteiger partial charge on any atom is 0.230 e. The lowest BCUT2D eigenvalue weighted by Crippen LogP contribution is -2.24. The molecule has 1 fully saturated rings. The van der Waals surface area contributed by atoms with E-state index in [9.17, 15) is 9.59 Å². The van der Waals surface area contributed by atoms with Gasteiger partial charge in [-0.05, 0) is 36.6 Å². The number of fused-ring (bicyclic) bond motifs is 1. The highest BCUT2D eigenvalue weighted by atomic mass is 16.2. The number of anilines is 2. The molecule has 1 saturated carbocycles. The van der Waals surface area contributed by atoms with Gasteiger partial charge in [0.25, 0.3) is 0 Å². The molecule has 1 aliphatic carbocycles. The molecule has 3 N–H and O–H groups in total. The van der Waals surface area contributed by atoms with Crippen molar-refractivity contribution in [1.82, 2.24) is 10.2 Å². The molecule has 2 amide bonds. The minimum Gasteiger partial charge on any atom is -0.326 e. The number of nitrogens with zero attached hydrogens (tertiary/aromatic N) is 1. The number of rotatable bonds is 5. The number of carbonyl (C=O) groups excluding carboxylic acids is 2. The molecule has 0 bridgehead atoms.